The van der Waals surface area contributed by atoms with Gasteiger partial charge in [-0.1, -0.05) is 30.3 Å². The Labute approximate surface area is 90.4 Å². The van der Waals surface area contributed by atoms with Crippen molar-refractivity contribution >= 4 is 5.96 Å². The van der Waals surface area contributed by atoms with Crippen molar-refractivity contribution in [1.29, 1.82) is 0 Å². The van der Waals surface area contributed by atoms with E-state index in [1.807, 2.05) is 0 Å². The summed E-state index contributed by atoms with van der Waals surface area (Å²) in [6.07, 6.45) is 2.31. The van der Waals surface area contributed by atoms with Gasteiger partial charge >= 0.3 is 0 Å². The molecule has 0 saturated heterocycles. The normalized spacial score (nSPS) is 25.8. The quantitative estimate of drug-likeness (QED) is 0.565. The molecule has 2 rings (SSSR count). The van der Waals surface area contributed by atoms with E-state index >= 15 is 0 Å². The van der Waals surface area contributed by atoms with E-state index < -0.39 is 0 Å². The molecule has 0 radical (unpaired) electrons. The first-order valence-electron chi connectivity index (χ1n) is 5.33. The molecule has 0 heterocycles. The SMILES string of the molecule is CN=C(N)NC1CC(c2ccccc2)C1. The average Bonchev–Trinajstić information content (AvgIpc) is 2.23. The zero-order chi connectivity index (χ0) is 10.7. The average molecular weight is 203 g/mol. The predicted molar refractivity (Wildman–Crippen MR) is 62.9 cm³/mol. The smallest absolute Gasteiger partial charge is 0.188 e. The Morgan fingerprint density at radius 1 is 1.33 bits per heavy atom. The summed E-state index contributed by atoms with van der Waals surface area (Å²) in [6, 6.07) is 11.1. The second-order valence-electron chi connectivity index (χ2n) is 4.03. The molecular weight excluding hydrogens is 186 g/mol. The zero-order valence-corrected chi connectivity index (χ0v) is 8.98. The molecule has 1 aliphatic carbocycles. The predicted octanol–water partition coefficient (Wildman–Crippen LogP) is 1.47. The second kappa shape index (κ2) is 4.34. The van der Waals surface area contributed by atoms with E-state index in [-0.39, 0.29) is 0 Å². The number of guanidine groups is 1. The molecule has 0 unspecified atom stereocenters. The molecule has 0 spiro atoms. The van der Waals surface area contributed by atoms with Gasteiger partial charge in [0.2, 0.25) is 0 Å². The Morgan fingerprint density at radius 3 is 2.60 bits per heavy atom. The molecule has 3 nitrogen and oxygen atoms in total. The van der Waals surface area contributed by atoms with Crippen LogP contribution in [0.25, 0.3) is 0 Å². The van der Waals surface area contributed by atoms with Crippen LogP contribution < -0.4 is 11.1 Å². The van der Waals surface area contributed by atoms with Crippen LogP contribution in [-0.2, 0) is 0 Å². The minimum atomic E-state index is 0.499. The van der Waals surface area contributed by atoms with Crippen molar-refractivity contribution in [1.82, 2.24) is 5.32 Å². The maximum Gasteiger partial charge on any atom is 0.188 e. The fraction of sp³-hybridized carbons (Fsp3) is 0.417. The summed E-state index contributed by atoms with van der Waals surface area (Å²) >= 11 is 0. The topological polar surface area (TPSA) is 50.4 Å². The number of nitrogens with zero attached hydrogens (tertiary/aromatic N) is 1. The van der Waals surface area contributed by atoms with E-state index in [4.69, 9.17) is 5.73 Å². The number of benzene rings is 1. The van der Waals surface area contributed by atoms with Crippen molar-refractivity contribution in [2.24, 2.45) is 10.7 Å². The van der Waals surface area contributed by atoms with Gasteiger partial charge in [-0.25, -0.2) is 0 Å². The monoisotopic (exact) mass is 203 g/mol. The molecule has 1 saturated carbocycles. The van der Waals surface area contributed by atoms with Crippen LogP contribution in [0.4, 0.5) is 0 Å². The summed E-state index contributed by atoms with van der Waals surface area (Å²) < 4.78 is 0. The molecule has 3 N–H and O–H groups in total. The number of nitrogens with one attached hydrogen (secondary N) is 1. The summed E-state index contributed by atoms with van der Waals surface area (Å²) in [6.45, 7) is 0. The van der Waals surface area contributed by atoms with E-state index in [1.165, 1.54) is 5.56 Å². The van der Waals surface area contributed by atoms with Gasteiger partial charge in [0.05, 0.1) is 0 Å². The van der Waals surface area contributed by atoms with E-state index in [0.29, 0.717) is 17.9 Å². The van der Waals surface area contributed by atoms with Crippen LogP contribution in [-0.4, -0.2) is 19.0 Å². The minimum absolute atomic E-state index is 0.499. The molecule has 1 aromatic carbocycles. The van der Waals surface area contributed by atoms with Crippen molar-refractivity contribution in [3.8, 4) is 0 Å². The van der Waals surface area contributed by atoms with Crippen molar-refractivity contribution < 1.29 is 0 Å². The van der Waals surface area contributed by atoms with Crippen molar-refractivity contribution in [3.05, 3.63) is 35.9 Å². The van der Waals surface area contributed by atoms with E-state index in [2.05, 4.69) is 40.6 Å². The van der Waals surface area contributed by atoms with Crippen LogP contribution >= 0.6 is 0 Å². The molecule has 1 fully saturated rings. The van der Waals surface area contributed by atoms with Crippen LogP contribution in [0.15, 0.2) is 35.3 Å². The molecule has 1 aromatic rings. The largest absolute Gasteiger partial charge is 0.370 e. The van der Waals surface area contributed by atoms with Crippen LogP contribution in [0.2, 0.25) is 0 Å². The first kappa shape index (κ1) is 10.0. The van der Waals surface area contributed by atoms with E-state index in [0.717, 1.165) is 12.8 Å². The van der Waals surface area contributed by atoms with Crippen LogP contribution in [0.5, 0.6) is 0 Å². The third-order valence-electron chi connectivity index (χ3n) is 3.00. The number of rotatable bonds is 2. The van der Waals surface area contributed by atoms with Gasteiger partial charge in [-0.05, 0) is 24.3 Å². The first-order valence-corrected chi connectivity index (χ1v) is 5.33. The molecule has 1 aliphatic rings. The minimum Gasteiger partial charge on any atom is -0.370 e. The maximum atomic E-state index is 5.61. The molecule has 0 aromatic heterocycles. The number of nitrogens with two attached hydrogens (primary N) is 1. The van der Waals surface area contributed by atoms with Gasteiger partial charge in [0.15, 0.2) is 5.96 Å². The van der Waals surface area contributed by atoms with Crippen molar-refractivity contribution in [2.45, 2.75) is 24.8 Å². The zero-order valence-electron chi connectivity index (χ0n) is 8.98. The summed E-state index contributed by atoms with van der Waals surface area (Å²) in [4.78, 5) is 3.89. The van der Waals surface area contributed by atoms with Crippen LogP contribution in [0, 0.1) is 0 Å². The van der Waals surface area contributed by atoms with E-state index in [1.54, 1.807) is 7.05 Å². The maximum absolute atomic E-state index is 5.61. The van der Waals surface area contributed by atoms with Crippen LogP contribution in [0.1, 0.15) is 24.3 Å². The lowest BCUT2D eigenvalue weighted by Crippen LogP contribution is -2.46. The molecule has 0 aliphatic heterocycles. The highest BCUT2D eigenvalue weighted by molar-refractivity contribution is 5.78. The molecular formula is C12H17N3. The lowest BCUT2D eigenvalue weighted by Gasteiger charge is -2.36. The number of aliphatic imine (C=N–C) groups is 1. The van der Waals surface area contributed by atoms with Crippen molar-refractivity contribution in [3.63, 3.8) is 0 Å². The Morgan fingerprint density at radius 2 is 2.00 bits per heavy atom. The van der Waals surface area contributed by atoms with E-state index in [9.17, 15) is 0 Å². The molecule has 15 heavy (non-hydrogen) atoms. The third kappa shape index (κ3) is 2.29. The molecule has 0 amide bonds. The Kier molecular flexibility index (Phi) is 2.90. The van der Waals surface area contributed by atoms with Gasteiger partial charge in [-0.3, -0.25) is 4.99 Å². The molecule has 0 bridgehead atoms. The summed E-state index contributed by atoms with van der Waals surface area (Å²) in [5.74, 6) is 1.24. The van der Waals surface area contributed by atoms with Gasteiger partial charge in [0, 0.05) is 13.1 Å². The fourth-order valence-electron chi connectivity index (χ4n) is 2.01. The van der Waals surface area contributed by atoms with Gasteiger partial charge < -0.3 is 11.1 Å². The van der Waals surface area contributed by atoms with Gasteiger partial charge in [0.25, 0.3) is 0 Å². The molecule has 80 valence electrons. The molecule has 0 atom stereocenters. The third-order valence-corrected chi connectivity index (χ3v) is 3.00. The van der Waals surface area contributed by atoms with Crippen LogP contribution in [0.3, 0.4) is 0 Å². The summed E-state index contributed by atoms with van der Waals surface area (Å²) in [5.41, 5.74) is 7.04. The van der Waals surface area contributed by atoms with Gasteiger partial charge in [0.1, 0.15) is 0 Å². The standard InChI is InChI=1S/C12H17N3/c1-14-12(13)15-11-7-10(8-11)9-5-3-2-4-6-9/h2-6,10-11H,7-8H2,1H3,(H3,13,14,15). The Balaban J connectivity index is 1.84. The van der Waals surface area contributed by atoms with Crippen molar-refractivity contribution in [2.75, 3.05) is 7.05 Å². The highest BCUT2D eigenvalue weighted by atomic mass is 15.1. The highest BCUT2D eigenvalue weighted by Gasteiger charge is 2.30. The lowest BCUT2D eigenvalue weighted by atomic mass is 9.76. The number of hydrogen-bond acceptors (Lipinski definition) is 1. The van der Waals surface area contributed by atoms with Gasteiger partial charge in [-0.2, -0.15) is 0 Å². The Hall–Kier alpha value is -1.51. The Bertz CT molecular complexity index is 339. The molecule has 3 heteroatoms. The second-order valence-corrected chi connectivity index (χ2v) is 4.03. The summed E-state index contributed by atoms with van der Waals surface area (Å²) in [7, 11) is 1.70. The number of hydrogen-bond donors (Lipinski definition) is 2. The highest BCUT2D eigenvalue weighted by Crippen LogP contribution is 2.36. The summed E-state index contributed by atoms with van der Waals surface area (Å²) in [5, 5.41) is 3.19. The lowest BCUT2D eigenvalue weighted by molar-refractivity contribution is 0.323. The van der Waals surface area contributed by atoms with Gasteiger partial charge in [-0.15, -0.1) is 0 Å². The fourth-order valence-corrected chi connectivity index (χ4v) is 2.01. The first-order chi connectivity index (χ1) is 7.29.